The van der Waals surface area contributed by atoms with E-state index < -0.39 is 9.84 Å². The molecule has 4 rings (SSSR count). The predicted octanol–water partition coefficient (Wildman–Crippen LogP) is 4.32. The van der Waals surface area contributed by atoms with Crippen LogP contribution in [0.3, 0.4) is 0 Å². The van der Waals surface area contributed by atoms with Crippen molar-refractivity contribution in [1.29, 1.82) is 0 Å². The van der Waals surface area contributed by atoms with E-state index >= 15 is 0 Å². The van der Waals surface area contributed by atoms with Gasteiger partial charge in [-0.25, -0.2) is 8.42 Å². The normalized spacial score (nSPS) is 13.5. The van der Waals surface area contributed by atoms with Gasteiger partial charge in [0, 0.05) is 18.2 Å². The molecule has 30 heavy (non-hydrogen) atoms. The maximum absolute atomic E-state index is 13.4. The van der Waals surface area contributed by atoms with Crippen LogP contribution in [-0.4, -0.2) is 33.2 Å². The van der Waals surface area contributed by atoms with Crippen molar-refractivity contribution in [3.63, 3.8) is 0 Å². The number of nitrogens with one attached hydrogen (secondary N) is 1. The highest BCUT2D eigenvalue weighted by Crippen LogP contribution is 2.37. The number of aromatic nitrogens is 1. The topological polar surface area (TPSA) is 90.7 Å². The summed E-state index contributed by atoms with van der Waals surface area (Å²) >= 11 is 0. The summed E-state index contributed by atoms with van der Waals surface area (Å²) in [5, 5.41) is 2.95. The van der Waals surface area contributed by atoms with Crippen molar-refractivity contribution in [2.75, 3.05) is 25.1 Å². The summed E-state index contributed by atoms with van der Waals surface area (Å²) in [6.07, 6.45) is 0. The van der Waals surface area contributed by atoms with Gasteiger partial charge in [0.1, 0.15) is 13.2 Å². The zero-order chi connectivity index (χ0) is 21.3. The molecule has 0 amide bonds. The Bertz CT molecular complexity index is 1170. The first-order valence-corrected chi connectivity index (χ1v) is 11.3. The first-order chi connectivity index (χ1) is 14.3. The highest BCUT2D eigenvalue weighted by atomic mass is 32.2. The molecule has 0 saturated carbocycles. The second-order valence-electron chi connectivity index (χ2n) is 7.61. The van der Waals surface area contributed by atoms with Gasteiger partial charge >= 0.3 is 0 Å². The van der Waals surface area contributed by atoms with Gasteiger partial charge in [-0.05, 0) is 37.1 Å². The summed E-state index contributed by atoms with van der Waals surface area (Å²) in [5.74, 6) is 1.61. The van der Waals surface area contributed by atoms with Crippen LogP contribution in [0.15, 0.2) is 56.8 Å². The van der Waals surface area contributed by atoms with Crippen molar-refractivity contribution >= 4 is 15.7 Å². The van der Waals surface area contributed by atoms with E-state index in [0.29, 0.717) is 42.7 Å². The molecule has 2 heterocycles. The van der Waals surface area contributed by atoms with Crippen LogP contribution < -0.4 is 14.8 Å². The molecule has 0 bridgehead atoms. The van der Waals surface area contributed by atoms with Gasteiger partial charge in [0.05, 0.1) is 4.90 Å². The Hall–Kier alpha value is -3.00. The second-order valence-corrected chi connectivity index (χ2v) is 9.47. The number of hydrogen-bond donors (Lipinski definition) is 1. The zero-order valence-corrected chi connectivity index (χ0v) is 18.0. The van der Waals surface area contributed by atoms with E-state index in [9.17, 15) is 8.42 Å². The van der Waals surface area contributed by atoms with Crippen molar-refractivity contribution < 1.29 is 22.3 Å². The monoisotopic (exact) mass is 428 g/mol. The molecule has 3 aromatic rings. The Balaban J connectivity index is 1.79. The van der Waals surface area contributed by atoms with E-state index in [1.54, 1.807) is 6.07 Å². The van der Waals surface area contributed by atoms with Crippen molar-refractivity contribution in [2.24, 2.45) is 5.92 Å². The van der Waals surface area contributed by atoms with Crippen LogP contribution in [0, 0.1) is 12.8 Å². The Morgan fingerprint density at radius 2 is 1.83 bits per heavy atom. The van der Waals surface area contributed by atoms with Crippen LogP contribution in [0.4, 0.5) is 5.88 Å². The molecule has 0 unspecified atom stereocenters. The Kier molecular flexibility index (Phi) is 5.42. The number of ether oxygens (including phenoxy) is 2. The molecule has 2 aromatic carbocycles. The highest BCUT2D eigenvalue weighted by molar-refractivity contribution is 7.91. The molecule has 1 N–H and O–H groups in total. The number of fused-ring (bicyclic) bond motifs is 1. The van der Waals surface area contributed by atoms with Gasteiger partial charge in [0.15, 0.2) is 11.5 Å². The minimum atomic E-state index is -3.95. The molecular formula is C22H24N2O5S. The van der Waals surface area contributed by atoms with E-state index in [-0.39, 0.29) is 21.7 Å². The summed E-state index contributed by atoms with van der Waals surface area (Å²) in [4.78, 5) is 4.44. The summed E-state index contributed by atoms with van der Waals surface area (Å²) in [6.45, 7) is 7.37. The molecule has 0 fully saturated rings. The smallest absolute Gasteiger partial charge is 0.233 e. The fraction of sp³-hybridized carbons (Fsp3) is 0.318. The number of aryl methyl sites for hydroxylation is 1. The van der Waals surface area contributed by atoms with Gasteiger partial charge in [-0.2, -0.15) is 4.98 Å². The lowest BCUT2D eigenvalue weighted by atomic mass is 10.1. The van der Waals surface area contributed by atoms with Crippen molar-refractivity contribution in [3.8, 4) is 23.0 Å². The molecule has 1 aliphatic rings. The van der Waals surface area contributed by atoms with E-state index in [2.05, 4.69) is 10.3 Å². The second kappa shape index (κ2) is 8.02. The first-order valence-electron chi connectivity index (χ1n) is 9.81. The third kappa shape index (κ3) is 4.00. The van der Waals surface area contributed by atoms with Crippen molar-refractivity contribution in [1.82, 2.24) is 4.98 Å². The molecule has 158 valence electrons. The molecule has 0 atom stereocenters. The quantitative estimate of drug-likeness (QED) is 0.625. The number of anilines is 1. The van der Waals surface area contributed by atoms with Crippen LogP contribution in [0.25, 0.3) is 11.5 Å². The molecule has 0 radical (unpaired) electrons. The maximum atomic E-state index is 13.4. The minimum absolute atomic E-state index is 0.0726. The average Bonchev–Trinajstić information content (AvgIpc) is 3.17. The third-order valence-corrected chi connectivity index (χ3v) is 6.27. The van der Waals surface area contributed by atoms with Crippen LogP contribution in [0.5, 0.6) is 11.5 Å². The fourth-order valence-electron chi connectivity index (χ4n) is 3.10. The third-order valence-electron chi connectivity index (χ3n) is 4.61. The van der Waals surface area contributed by atoms with Crippen LogP contribution in [0.2, 0.25) is 0 Å². The first kappa shape index (κ1) is 20.3. The fourth-order valence-corrected chi connectivity index (χ4v) is 4.39. The number of sulfone groups is 1. The molecule has 1 aliphatic heterocycles. The maximum Gasteiger partial charge on any atom is 0.233 e. The molecule has 1 aromatic heterocycles. The minimum Gasteiger partial charge on any atom is -0.486 e. The molecule has 0 aliphatic carbocycles. The highest BCUT2D eigenvalue weighted by Gasteiger charge is 2.30. The number of hydrogen-bond acceptors (Lipinski definition) is 7. The molecule has 7 nitrogen and oxygen atoms in total. The van der Waals surface area contributed by atoms with Crippen LogP contribution in [0.1, 0.15) is 19.4 Å². The Morgan fingerprint density at radius 1 is 1.07 bits per heavy atom. The molecular weight excluding hydrogens is 404 g/mol. The lowest BCUT2D eigenvalue weighted by molar-refractivity contribution is 0.171. The van der Waals surface area contributed by atoms with E-state index in [0.717, 1.165) is 5.56 Å². The van der Waals surface area contributed by atoms with Gasteiger partial charge < -0.3 is 19.2 Å². The summed E-state index contributed by atoms with van der Waals surface area (Å²) < 4.78 is 43.8. The number of benzene rings is 2. The average molecular weight is 429 g/mol. The molecule has 0 saturated heterocycles. The summed E-state index contributed by atoms with van der Waals surface area (Å²) in [6, 6.07) is 12.1. The number of nitrogens with zero attached hydrogens (tertiary/aromatic N) is 1. The summed E-state index contributed by atoms with van der Waals surface area (Å²) in [5.41, 5.74) is 1.74. The summed E-state index contributed by atoms with van der Waals surface area (Å²) in [7, 11) is -3.95. The SMILES string of the molecule is Cc1cccc(-c2nc(S(=O)(=O)c3ccc4c(c3)OCCO4)c(NCC(C)C)o2)c1. The van der Waals surface area contributed by atoms with Gasteiger partial charge in [-0.1, -0.05) is 31.5 Å². The van der Waals surface area contributed by atoms with E-state index in [4.69, 9.17) is 13.9 Å². The van der Waals surface area contributed by atoms with Crippen molar-refractivity contribution in [3.05, 3.63) is 48.0 Å². The van der Waals surface area contributed by atoms with Gasteiger partial charge in [-0.15, -0.1) is 0 Å². The van der Waals surface area contributed by atoms with Gasteiger partial charge in [0.2, 0.25) is 26.6 Å². The van der Waals surface area contributed by atoms with Crippen molar-refractivity contribution in [2.45, 2.75) is 30.7 Å². The van der Waals surface area contributed by atoms with Gasteiger partial charge in [-0.3, -0.25) is 0 Å². The number of oxazole rings is 1. The standard InChI is InChI=1S/C22H24N2O5S/c1-14(2)13-23-21-22(24-20(29-21)16-6-4-5-15(3)11-16)30(25,26)17-7-8-18-19(12-17)28-10-9-27-18/h4-8,11-12,14,23H,9-10,13H2,1-3H3. The lowest BCUT2D eigenvalue weighted by Gasteiger charge is -2.18. The lowest BCUT2D eigenvalue weighted by Crippen LogP contribution is -2.16. The zero-order valence-electron chi connectivity index (χ0n) is 17.1. The molecule has 0 spiro atoms. The predicted molar refractivity (Wildman–Crippen MR) is 113 cm³/mol. The van der Waals surface area contributed by atoms with E-state index in [1.165, 1.54) is 12.1 Å². The number of rotatable bonds is 6. The Labute approximate surface area is 176 Å². The van der Waals surface area contributed by atoms with Crippen LogP contribution >= 0.6 is 0 Å². The largest absolute Gasteiger partial charge is 0.486 e. The van der Waals surface area contributed by atoms with Crippen LogP contribution in [-0.2, 0) is 9.84 Å². The molecule has 8 heteroatoms. The van der Waals surface area contributed by atoms with Gasteiger partial charge in [0.25, 0.3) is 0 Å². The van der Waals surface area contributed by atoms with E-state index in [1.807, 2.05) is 45.0 Å². The Morgan fingerprint density at radius 3 is 2.57 bits per heavy atom.